The highest BCUT2D eigenvalue weighted by Crippen LogP contribution is 2.30. The van der Waals surface area contributed by atoms with Crippen molar-refractivity contribution in [3.05, 3.63) is 29.6 Å². The molecule has 1 nitrogen and oxygen atoms in total. The molecule has 1 fully saturated rings. The molecular formula is C15H20F3N. The second-order valence-corrected chi connectivity index (χ2v) is 5.37. The van der Waals surface area contributed by atoms with Crippen LogP contribution in [0.1, 0.15) is 45.4 Å². The number of hydrogen-bond acceptors (Lipinski definition) is 1. The highest BCUT2D eigenvalue weighted by Gasteiger charge is 2.22. The van der Waals surface area contributed by atoms with Crippen molar-refractivity contribution in [2.75, 3.05) is 5.32 Å². The molecule has 19 heavy (non-hydrogen) atoms. The van der Waals surface area contributed by atoms with Gasteiger partial charge < -0.3 is 5.32 Å². The predicted molar refractivity (Wildman–Crippen MR) is 70.6 cm³/mol. The first-order chi connectivity index (χ1) is 9.11. The third kappa shape index (κ3) is 3.43. The normalized spacial score (nSPS) is 23.4. The van der Waals surface area contributed by atoms with Gasteiger partial charge in [-0.2, -0.15) is 0 Å². The zero-order chi connectivity index (χ0) is 13.8. The summed E-state index contributed by atoms with van der Waals surface area (Å²) in [6.45, 7) is 2.18. The van der Waals surface area contributed by atoms with Crippen LogP contribution in [0.2, 0.25) is 0 Å². The molecule has 1 aliphatic rings. The van der Waals surface area contributed by atoms with E-state index in [0.29, 0.717) is 0 Å². The molecule has 106 valence electrons. The maximum absolute atomic E-state index is 13.5. The molecule has 2 rings (SSSR count). The maximum atomic E-state index is 13.5. The number of anilines is 1. The van der Waals surface area contributed by atoms with Crippen molar-refractivity contribution in [3.63, 3.8) is 0 Å². The molecule has 0 aliphatic heterocycles. The topological polar surface area (TPSA) is 12.0 Å². The summed E-state index contributed by atoms with van der Waals surface area (Å²) in [4.78, 5) is 0. The van der Waals surface area contributed by atoms with Gasteiger partial charge in [-0.25, -0.2) is 13.2 Å². The van der Waals surface area contributed by atoms with Gasteiger partial charge in [-0.15, -0.1) is 0 Å². The van der Waals surface area contributed by atoms with Crippen LogP contribution in [0.25, 0.3) is 0 Å². The molecule has 0 radical (unpaired) electrons. The SMILES string of the molecule is CCCC1CCC(Nc2ccc(F)c(F)c2F)CC1. The smallest absolute Gasteiger partial charge is 0.196 e. The van der Waals surface area contributed by atoms with Crippen molar-refractivity contribution in [2.45, 2.75) is 51.5 Å². The molecule has 0 atom stereocenters. The first-order valence-electron chi connectivity index (χ1n) is 7.01. The van der Waals surface area contributed by atoms with Crippen molar-refractivity contribution >= 4 is 5.69 Å². The van der Waals surface area contributed by atoms with Gasteiger partial charge in [0.2, 0.25) is 0 Å². The molecule has 1 N–H and O–H groups in total. The molecule has 0 heterocycles. The maximum Gasteiger partial charge on any atom is 0.196 e. The molecule has 0 saturated heterocycles. The summed E-state index contributed by atoms with van der Waals surface area (Å²) in [6, 6.07) is 2.39. The first kappa shape index (κ1) is 14.2. The van der Waals surface area contributed by atoms with Gasteiger partial charge in [-0.1, -0.05) is 19.8 Å². The van der Waals surface area contributed by atoms with Crippen molar-refractivity contribution in [3.8, 4) is 0 Å². The van der Waals surface area contributed by atoms with Crippen LogP contribution in [0, 0.1) is 23.4 Å². The molecule has 1 aliphatic carbocycles. The Hall–Kier alpha value is -1.19. The summed E-state index contributed by atoms with van der Waals surface area (Å²) in [5.74, 6) is -2.90. The number of nitrogens with one attached hydrogen (secondary N) is 1. The minimum Gasteiger partial charge on any atom is -0.380 e. The lowest BCUT2D eigenvalue weighted by Gasteiger charge is -2.29. The fraction of sp³-hybridized carbons (Fsp3) is 0.600. The zero-order valence-corrected chi connectivity index (χ0v) is 11.2. The van der Waals surface area contributed by atoms with Crippen LogP contribution < -0.4 is 5.32 Å². The number of benzene rings is 1. The van der Waals surface area contributed by atoms with E-state index in [1.54, 1.807) is 0 Å². The van der Waals surface area contributed by atoms with E-state index in [9.17, 15) is 13.2 Å². The van der Waals surface area contributed by atoms with E-state index >= 15 is 0 Å². The van der Waals surface area contributed by atoms with Crippen molar-refractivity contribution in [2.24, 2.45) is 5.92 Å². The molecule has 0 spiro atoms. The summed E-state index contributed by atoms with van der Waals surface area (Å²) < 4.78 is 39.5. The van der Waals surface area contributed by atoms with Gasteiger partial charge in [0.1, 0.15) is 0 Å². The summed E-state index contributed by atoms with van der Waals surface area (Å²) in [7, 11) is 0. The van der Waals surface area contributed by atoms with Crippen LogP contribution in [0.5, 0.6) is 0 Å². The van der Waals surface area contributed by atoms with Crippen molar-refractivity contribution < 1.29 is 13.2 Å². The summed E-state index contributed by atoms with van der Waals surface area (Å²) >= 11 is 0. The average molecular weight is 271 g/mol. The third-order valence-electron chi connectivity index (χ3n) is 3.94. The lowest BCUT2D eigenvalue weighted by atomic mass is 9.83. The van der Waals surface area contributed by atoms with Crippen LogP contribution in [0.15, 0.2) is 12.1 Å². The Kier molecular flexibility index (Phi) is 4.72. The molecule has 0 unspecified atom stereocenters. The summed E-state index contributed by atoms with van der Waals surface area (Å²) in [6.07, 6.45) is 6.60. The first-order valence-corrected chi connectivity index (χ1v) is 7.01. The summed E-state index contributed by atoms with van der Waals surface area (Å²) in [5, 5.41) is 3.00. The van der Waals surface area contributed by atoms with E-state index < -0.39 is 17.5 Å². The van der Waals surface area contributed by atoms with Crippen LogP contribution in [0.3, 0.4) is 0 Å². The van der Waals surface area contributed by atoms with E-state index in [0.717, 1.165) is 37.7 Å². The Morgan fingerprint density at radius 2 is 1.74 bits per heavy atom. The van der Waals surface area contributed by atoms with Gasteiger partial charge in [0, 0.05) is 6.04 Å². The van der Waals surface area contributed by atoms with Crippen LogP contribution in [-0.4, -0.2) is 6.04 Å². The van der Waals surface area contributed by atoms with Crippen LogP contribution >= 0.6 is 0 Å². The Balaban J connectivity index is 1.94. The predicted octanol–water partition coefficient (Wildman–Crippen LogP) is 4.87. The fourth-order valence-corrected chi connectivity index (χ4v) is 2.86. The van der Waals surface area contributed by atoms with E-state index in [2.05, 4.69) is 12.2 Å². The number of rotatable bonds is 4. The highest BCUT2D eigenvalue weighted by molar-refractivity contribution is 5.46. The van der Waals surface area contributed by atoms with E-state index in [4.69, 9.17) is 0 Å². The highest BCUT2D eigenvalue weighted by atomic mass is 19.2. The molecule has 4 heteroatoms. The van der Waals surface area contributed by atoms with Crippen LogP contribution in [0.4, 0.5) is 18.9 Å². The Labute approximate surface area is 112 Å². The standard InChI is InChI=1S/C15H20F3N/c1-2-3-10-4-6-11(7-5-10)19-13-9-8-12(16)14(17)15(13)18/h8-11,19H,2-7H2,1H3. The minimum atomic E-state index is -1.40. The molecular weight excluding hydrogens is 251 g/mol. The lowest BCUT2D eigenvalue weighted by molar-refractivity contribution is 0.318. The molecule has 1 aromatic rings. The fourth-order valence-electron chi connectivity index (χ4n) is 2.86. The minimum absolute atomic E-state index is 0.0674. The molecule has 0 aromatic heterocycles. The second kappa shape index (κ2) is 6.31. The van der Waals surface area contributed by atoms with Gasteiger partial charge in [0.15, 0.2) is 17.5 Å². The Bertz CT molecular complexity index is 426. The van der Waals surface area contributed by atoms with Crippen LogP contribution in [-0.2, 0) is 0 Å². The van der Waals surface area contributed by atoms with Gasteiger partial charge in [0.05, 0.1) is 5.69 Å². The summed E-state index contributed by atoms with van der Waals surface area (Å²) in [5.41, 5.74) is 0.0674. The van der Waals surface area contributed by atoms with E-state index in [1.165, 1.54) is 18.9 Å². The van der Waals surface area contributed by atoms with Crippen molar-refractivity contribution in [1.82, 2.24) is 0 Å². The Morgan fingerprint density at radius 3 is 2.37 bits per heavy atom. The molecule has 1 saturated carbocycles. The Morgan fingerprint density at radius 1 is 1.05 bits per heavy atom. The monoisotopic (exact) mass is 271 g/mol. The quantitative estimate of drug-likeness (QED) is 0.770. The van der Waals surface area contributed by atoms with E-state index in [1.807, 2.05) is 0 Å². The lowest BCUT2D eigenvalue weighted by Crippen LogP contribution is -2.26. The van der Waals surface area contributed by atoms with Crippen molar-refractivity contribution in [1.29, 1.82) is 0 Å². The number of hydrogen-bond donors (Lipinski definition) is 1. The van der Waals surface area contributed by atoms with Gasteiger partial charge in [-0.05, 0) is 43.7 Å². The second-order valence-electron chi connectivity index (χ2n) is 5.37. The molecule has 1 aromatic carbocycles. The van der Waals surface area contributed by atoms with Gasteiger partial charge in [-0.3, -0.25) is 0 Å². The van der Waals surface area contributed by atoms with Gasteiger partial charge >= 0.3 is 0 Å². The zero-order valence-electron chi connectivity index (χ0n) is 11.2. The van der Waals surface area contributed by atoms with Gasteiger partial charge in [0.25, 0.3) is 0 Å². The largest absolute Gasteiger partial charge is 0.380 e. The molecule has 0 amide bonds. The van der Waals surface area contributed by atoms with E-state index in [-0.39, 0.29) is 11.7 Å². The number of halogens is 3. The molecule has 0 bridgehead atoms. The third-order valence-corrected chi connectivity index (χ3v) is 3.94. The average Bonchev–Trinajstić information content (AvgIpc) is 2.42.